The van der Waals surface area contributed by atoms with E-state index in [2.05, 4.69) is 19.9 Å². The van der Waals surface area contributed by atoms with Crippen LogP contribution in [0.2, 0.25) is 0 Å². The Morgan fingerprint density at radius 3 is 2.50 bits per heavy atom. The predicted octanol–water partition coefficient (Wildman–Crippen LogP) is 3.63. The maximum absolute atomic E-state index is 12.6. The summed E-state index contributed by atoms with van der Waals surface area (Å²) in [6.07, 6.45) is -2.81. The summed E-state index contributed by atoms with van der Waals surface area (Å²) in [6, 6.07) is 1.53. The molecule has 3 aromatic rings. The molecule has 114 valence electrons. The van der Waals surface area contributed by atoms with E-state index in [1.54, 1.807) is 6.20 Å². The van der Waals surface area contributed by atoms with Crippen LogP contribution in [0.1, 0.15) is 10.6 Å². The number of thiazole rings is 2. The Labute approximate surface area is 130 Å². The topological polar surface area (TPSA) is 77.6 Å². The second kappa shape index (κ2) is 5.29. The van der Waals surface area contributed by atoms with E-state index in [9.17, 15) is 13.2 Å². The maximum atomic E-state index is 12.6. The van der Waals surface area contributed by atoms with E-state index in [1.165, 1.54) is 17.4 Å². The first-order chi connectivity index (χ1) is 10.3. The van der Waals surface area contributed by atoms with Crippen LogP contribution in [-0.2, 0) is 6.18 Å². The third kappa shape index (κ3) is 2.92. The number of nitrogens with zero attached hydrogens (tertiary/aromatic N) is 4. The van der Waals surface area contributed by atoms with E-state index in [0.717, 1.165) is 21.6 Å². The van der Waals surface area contributed by atoms with Gasteiger partial charge in [-0.3, -0.25) is 0 Å². The lowest BCUT2D eigenvalue weighted by Gasteiger charge is -2.02. The molecule has 0 bridgehead atoms. The number of halogens is 3. The van der Waals surface area contributed by atoms with Gasteiger partial charge in [-0.2, -0.15) is 13.2 Å². The molecule has 3 rings (SSSR count). The van der Waals surface area contributed by atoms with Crippen LogP contribution in [0, 0.1) is 6.92 Å². The molecule has 0 saturated carbocycles. The maximum Gasteiger partial charge on any atom is 0.434 e. The molecule has 3 aromatic heterocycles. The fourth-order valence-electron chi connectivity index (χ4n) is 1.65. The first kappa shape index (κ1) is 14.9. The molecule has 22 heavy (non-hydrogen) atoms. The summed E-state index contributed by atoms with van der Waals surface area (Å²) in [4.78, 5) is 16.9. The minimum absolute atomic E-state index is 0.0587. The van der Waals surface area contributed by atoms with Gasteiger partial charge in [-0.1, -0.05) is 0 Å². The number of aromatic nitrogens is 4. The highest BCUT2D eigenvalue weighted by atomic mass is 32.1. The summed E-state index contributed by atoms with van der Waals surface area (Å²) in [5.41, 5.74) is 5.21. The average Bonchev–Trinajstić information content (AvgIpc) is 3.05. The number of nitrogen functional groups attached to an aromatic ring is 1. The van der Waals surface area contributed by atoms with Crippen LogP contribution in [0.5, 0.6) is 0 Å². The van der Waals surface area contributed by atoms with Crippen molar-refractivity contribution >= 4 is 28.5 Å². The molecule has 0 unspecified atom stereocenters. The second-order valence-electron chi connectivity index (χ2n) is 4.31. The molecular weight excluding hydrogens is 335 g/mol. The number of hydrogen-bond acceptors (Lipinski definition) is 7. The normalized spacial score (nSPS) is 11.8. The zero-order valence-electron chi connectivity index (χ0n) is 11.0. The van der Waals surface area contributed by atoms with E-state index in [1.807, 2.05) is 6.92 Å². The van der Waals surface area contributed by atoms with Crippen molar-refractivity contribution in [2.45, 2.75) is 13.1 Å². The third-order valence-electron chi connectivity index (χ3n) is 2.57. The molecule has 0 aliphatic rings. The molecule has 0 aliphatic carbocycles. The Morgan fingerprint density at radius 2 is 1.91 bits per heavy atom. The summed E-state index contributed by atoms with van der Waals surface area (Å²) in [7, 11) is 0. The molecule has 0 aromatic carbocycles. The number of hydrogen-bond donors (Lipinski definition) is 1. The summed E-state index contributed by atoms with van der Waals surface area (Å²) in [5, 5.41) is 1.62. The van der Waals surface area contributed by atoms with Crippen LogP contribution in [0.15, 0.2) is 17.6 Å². The van der Waals surface area contributed by atoms with Crippen molar-refractivity contribution in [3.05, 3.63) is 28.2 Å². The molecular formula is C12H8F3N5S2. The van der Waals surface area contributed by atoms with Gasteiger partial charge in [0, 0.05) is 22.5 Å². The highest BCUT2D eigenvalue weighted by molar-refractivity contribution is 7.15. The van der Waals surface area contributed by atoms with Crippen LogP contribution >= 0.6 is 22.7 Å². The van der Waals surface area contributed by atoms with Gasteiger partial charge in [-0.25, -0.2) is 19.9 Å². The largest absolute Gasteiger partial charge is 0.434 e. The number of rotatable bonds is 2. The van der Waals surface area contributed by atoms with Gasteiger partial charge in [0.1, 0.15) is 16.5 Å². The van der Waals surface area contributed by atoms with Crippen molar-refractivity contribution in [2.75, 3.05) is 5.73 Å². The van der Waals surface area contributed by atoms with Crippen LogP contribution in [0.3, 0.4) is 0 Å². The standard InChI is InChI=1S/C12H8F3N5S2/c1-5-3-17-10(22-5)6-2-8(16)20-9(18-6)11-19-7(4-21-11)12(13,14)15/h2-4H,1H3,(H2,16,18,20). The zero-order valence-corrected chi connectivity index (χ0v) is 12.7. The quantitative estimate of drug-likeness (QED) is 0.769. The van der Waals surface area contributed by atoms with Gasteiger partial charge >= 0.3 is 6.18 Å². The Kier molecular flexibility index (Phi) is 3.57. The Balaban J connectivity index is 2.04. The average molecular weight is 343 g/mol. The molecule has 10 heteroatoms. The number of nitrogens with two attached hydrogens (primary N) is 1. The van der Waals surface area contributed by atoms with Gasteiger partial charge in [0.25, 0.3) is 0 Å². The molecule has 5 nitrogen and oxygen atoms in total. The second-order valence-corrected chi connectivity index (χ2v) is 6.41. The van der Waals surface area contributed by atoms with Crippen LogP contribution in [0.25, 0.3) is 21.5 Å². The van der Waals surface area contributed by atoms with E-state index in [-0.39, 0.29) is 16.6 Å². The predicted molar refractivity (Wildman–Crippen MR) is 78.4 cm³/mol. The smallest absolute Gasteiger partial charge is 0.384 e. The fourth-order valence-corrected chi connectivity index (χ4v) is 3.13. The SMILES string of the molecule is Cc1cnc(-c2cc(N)nc(-c3nc(C(F)(F)F)cs3)n2)s1. The highest BCUT2D eigenvalue weighted by Gasteiger charge is 2.34. The minimum Gasteiger partial charge on any atom is -0.384 e. The molecule has 0 saturated heterocycles. The van der Waals surface area contributed by atoms with Crippen molar-refractivity contribution < 1.29 is 13.2 Å². The summed E-state index contributed by atoms with van der Waals surface area (Å²) < 4.78 is 37.8. The monoisotopic (exact) mass is 343 g/mol. The lowest BCUT2D eigenvalue weighted by molar-refractivity contribution is -0.140. The van der Waals surface area contributed by atoms with Gasteiger partial charge in [0.2, 0.25) is 0 Å². The van der Waals surface area contributed by atoms with Gasteiger partial charge < -0.3 is 5.73 Å². The summed E-state index contributed by atoms with van der Waals surface area (Å²) in [6.45, 7) is 1.89. The molecule has 0 atom stereocenters. The third-order valence-corrected chi connectivity index (χ3v) is 4.35. The van der Waals surface area contributed by atoms with Crippen molar-refractivity contribution in [2.24, 2.45) is 0 Å². The highest BCUT2D eigenvalue weighted by Crippen LogP contribution is 2.33. The van der Waals surface area contributed by atoms with Crippen molar-refractivity contribution in [3.8, 4) is 21.5 Å². The lowest BCUT2D eigenvalue weighted by Crippen LogP contribution is -2.05. The Morgan fingerprint density at radius 1 is 1.14 bits per heavy atom. The van der Waals surface area contributed by atoms with Gasteiger partial charge in [0.05, 0.1) is 0 Å². The molecule has 0 radical (unpaired) electrons. The zero-order chi connectivity index (χ0) is 15.9. The van der Waals surface area contributed by atoms with E-state index in [4.69, 9.17) is 5.73 Å². The lowest BCUT2D eigenvalue weighted by atomic mass is 10.4. The van der Waals surface area contributed by atoms with Gasteiger partial charge in [-0.15, -0.1) is 22.7 Å². The molecule has 2 N–H and O–H groups in total. The summed E-state index contributed by atoms with van der Waals surface area (Å²) >= 11 is 2.23. The fraction of sp³-hybridized carbons (Fsp3) is 0.167. The number of alkyl halides is 3. The van der Waals surface area contributed by atoms with E-state index in [0.29, 0.717) is 10.7 Å². The Bertz CT molecular complexity index is 824. The number of aryl methyl sites for hydroxylation is 1. The van der Waals surface area contributed by atoms with Crippen LogP contribution in [-0.4, -0.2) is 19.9 Å². The van der Waals surface area contributed by atoms with Crippen molar-refractivity contribution in [1.29, 1.82) is 0 Å². The van der Waals surface area contributed by atoms with Crippen LogP contribution in [0.4, 0.5) is 19.0 Å². The first-order valence-corrected chi connectivity index (χ1v) is 7.63. The molecule has 0 amide bonds. The summed E-state index contributed by atoms with van der Waals surface area (Å²) in [5.74, 6) is 0.208. The van der Waals surface area contributed by atoms with Crippen molar-refractivity contribution in [1.82, 2.24) is 19.9 Å². The Hall–Kier alpha value is -2.07. The molecule has 0 aliphatic heterocycles. The van der Waals surface area contributed by atoms with Gasteiger partial charge in [-0.05, 0) is 6.92 Å². The van der Waals surface area contributed by atoms with Crippen LogP contribution < -0.4 is 5.73 Å². The molecule has 3 heterocycles. The molecule has 0 fully saturated rings. The van der Waals surface area contributed by atoms with E-state index < -0.39 is 11.9 Å². The van der Waals surface area contributed by atoms with Gasteiger partial charge in [0.15, 0.2) is 16.5 Å². The first-order valence-electron chi connectivity index (χ1n) is 5.93. The number of anilines is 1. The molecule has 0 spiro atoms. The van der Waals surface area contributed by atoms with Crippen molar-refractivity contribution in [3.63, 3.8) is 0 Å². The minimum atomic E-state index is -4.50. The van der Waals surface area contributed by atoms with E-state index >= 15 is 0 Å².